The smallest absolute Gasteiger partial charge is 0.223 e. The summed E-state index contributed by atoms with van der Waals surface area (Å²) in [5.41, 5.74) is 1.42. The van der Waals surface area contributed by atoms with Gasteiger partial charge in [-0.15, -0.1) is 0 Å². The van der Waals surface area contributed by atoms with Crippen molar-refractivity contribution in [3.8, 4) is 0 Å². The molecule has 1 N–H and O–H groups in total. The zero-order valence-corrected chi connectivity index (χ0v) is 15.3. The van der Waals surface area contributed by atoms with Crippen LogP contribution in [0, 0.1) is 5.82 Å². The molecule has 25 heavy (non-hydrogen) atoms. The minimum Gasteiger partial charge on any atom is -0.342 e. The van der Waals surface area contributed by atoms with Gasteiger partial charge in [-0.2, -0.15) is 0 Å². The van der Waals surface area contributed by atoms with E-state index in [1.165, 1.54) is 12.1 Å². The predicted molar refractivity (Wildman–Crippen MR) is 96.9 cm³/mol. The van der Waals surface area contributed by atoms with Crippen LogP contribution < -0.4 is 0 Å². The number of aromatic nitrogens is 2. The molecule has 3 rings (SSSR count). The van der Waals surface area contributed by atoms with Crippen molar-refractivity contribution in [1.82, 2.24) is 19.8 Å². The topological polar surface area (TPSA) is 52.2 Å². The van der Waals surface area contributed by atoms with Crippen LogP contribution in [0.5, 0.6) is 0 Å². The highest BCUT2D eigenvalue weighted by atomic mass is 19.1. The summed E-state index contributed by atoms with van der Waals surface area (Å²) in [5, 5.41) is 0. The lowest BCUT2D eigenvalue weighted by atomic mass is 10.1. The van der Waals surface area contributed by atoms with E-state index in [4.69, 9.17) is 0 Å². The van der Waals surface area contributed by atoms with Crippen molar-refractivity contribution in [3.63, 3.8) is 0 Å². The first-order valence-corrected chi connectivity index (χ1v) is 9.15. The summed E-state index contributed by atoms with van der Waals surface area (Å²) in [7, 11) is 0. The maximum atomic E-state index is 13.2. The number of hydrogen-bond acceptors (Lipinski definition) is 3. The highest BCUT2D eigenvalue weighted by Gasteiger charge is 2.29. The number of halogens is 1. The van der Waals surface area contributed by atoms with Gasteiger partial charge in [0.2, 0.25) is 5.91 Å². The van der Waals surface area contributed by atoms with Gasteiger partial charge in [-0.25, -0.2) is 9.37 Å². The zero-order valence-electron chi connectivity index (χ0n) is 15.3. The Morgan fingerprint density at radius 1 is 1.40 bits per heavy atom. The highest BCUT2D eigenvalue weighted by Crippen LogP contribution is 2.18. The molecule has 0 spiro atoms. The molecule has 6 heteroatoms. The summed E-state index contributed by atoms with van der Waals surface area (Å²) in [6.07, 6.45) is 2.04. The largest absolute Gasteiger partial charge is 0.342 e. The van der Waals surface area contributed by atoms with Gasteiger partial charge in [0.15, 0.2) is 0 Å². The fraction of sp³-hybridized carbons (Fsp3) is 0.579. The van der Waals surface area contributed by atoms with E-state index in [0.29, 0.717) is 30.4 Å². The number of nitrogens with one attached hydrogen (secondary N) is 1. The van der Waals surface area contributed by atoms with E-state index in [-0.39, 0.29) is 11.7 Å². The summed E-state index contributed by atoms with van der Waals surface area (Å²) in [5.74, 6) is 0.628. The zero-order chi connectivity index (χ0) is 18.0. The number of H-pyrrole nitrogens is 1. The average molecular weight is 346 g/mol. The van der Waals surface area contributed by atoms with Gasteiger partial charge in [-0.3, -0.25) is 9.69 Å². The van der Waals surface area contributed by atoms with Crippen molar-refractivity contribution in [1.29, 1.82) is 0 Å². The first-order chi connectivity index (χ1) is 12.0. The molecule has 136 valence electrons. The second-order valence-electron chi connectivity index (χ2n) is 7.08. The monoisotopic (exact) mass is 346 g/mol. The van der Waals surface area contributed by atoms with Crippen LogP contribution in [0.25, 0.3) is 11.0 Å². The molecule has 1 aromatic heterocycles. The van der Waals surface area contributed by atoms with Crippen molar-refractivity contribution < 1.29 is 9.18 Å². The second kappa shape index (κ2) is 7.52. The van der Waals surface area contributed by atoms with Crippen LogP contribution in [0.4, 0.5) is 4.39 Å². The SMILES string of the molecule is CC[C@@H]1CN(C(=O)CCc2nc3ccc(F)cc3[nH]2)CCN1C(C)C. The Morgan fingerprint density at radius 3 is 2.92 bits per heavy atom. The van der Waals surface area contributed by atoms with Gasteiger partial charge >= 0.3 is 0 Å². The average Bonchev–Trinajstić information content (AvgIpc) is 3.00. The van der Waals surface area contributed by atoms with Crippen LogP contribution in [-0.4, -0.2) is 57.4 Å². The predicted octanol–water partition coefficient (Wildman–Crippen LogP) is 2.97. The van der Waals surface area contributed by atoms with Gasteiger partial charge in [0.25, 0.3) is 0 Å². The molecule has 5 nitrogen and oxygen atoms in total. The van der Waals surface area contributed by atoms with E-state index in [0.717, 1.165) is 37.4 Å². The van der Waals surface area contributed by atoms with Crippen molar-refractivity contribution in [2.75, 3.05) is 19.6 Å². The minimum absolute atomic E-state index is 0.175. The van der Waals surface area contributed by atoms with E-state index >= 15 is 0 Å². The molecule has 0 unspecified atom stereocenters. The Labute approximate surface area is 148 Å². The molecule has 0 saturated carbocycles. The first kappa shape index (κ1) is 17.9. The van der Waals surface area contributed by atoms with Gasteiger partial charge < -0.3 is 9.88 Å². The molecule has 1 aromatic carbocycles. The van der Waals surface area contributed by atoms with Crippen molar-refractivity contribution >= 4 is 16.9 Å². The number of amides is 1. The van der Waals surface area contributed by atoms with Gasteiger partial charge in [0.1, 0.15) is 11.6 Å². The maximum Gasteiger partial charge on any atom is 0.223 e. The molecule has 2 aromatic rings. The molecule has 1 saturated heterocycles. The molecule has 1 aliphatic rings. The molecule has 2 heterocycles. The lowest BCUT2D eigenvalue weighted by Gasteiger charge is -2.43. The van der Waals surface area contributed by atoms with Crippen molar-refractivity contribution in [2.24, 2.45) is 0 Å². The number of nitrogens with zero attached hydrogens (tertiary/aromatic N) is 3. The Bertz CT molecular complexity index is 742. The number of rotatable bonds is 5. The molecule has 1 fully saturated rings. The van der Waals surface area contributed by atoms with Crippen LogP contribution >= 0.6 is 0 Å². The van der Waals surface area contributed by atoms with Gasteiger partial charge in [-0.1, -0.05) is 6.92 Å². The molecular weight excluding hydrogens is 319 g/mol. The van der Waals surface area contributed by atoms with E-state index in [9.17, 15) is 9.18 Å². The number of benzene rings is 1. The molecule has 0 radical (unpaired) electrons. The fourth-order valence-corrected chi connectivity index (χ4v) is 3.68. The Kier molecular flexibility index (Phi) is 5.37. The summed E-state index contributed by atoms with van der Waals surface area (Å²) in [6, 6.07) is 5.44. The molecule has 0 bridgehead atoms. The van der Waals surface area contributed by atoms with Crippen molar-refractivity contribution in [2.45, 2.75) is 52.1 Å². The number of piperazine rings is 1. The van der Waals surface area contributed by atoms with Crippen LogP contribution in [0.2, 0.25) is 0 Å². The summed E-state index contributed by atoms with van der Waals surface area (Å²) in [6.45, 7) is 9.14. The van der Waals surface area contributed by atoms with Crippen molar-refractivity contribution in [3.05, 3.63) is 29.8 Å². The number of aromatic amines is 1. The number of carbonyl (C=O) groups excluding carboxylic acids is 1. The summed E-state index contributed by atoms with van der Waals surface area (Å²) < 4.78 is 13.2. The highest BCUT2D eigenvalue weighted by molar-refractivity contribution is 5.77. The number of aryl methyl sites for hydroxylation is 1. The van der Waals surface area contributed by atoms with E-state index in [1.807, 2.05) is 4.90 Å². The number of fused-ring (bicyclic) bond motifs is 1. The Balaban J connectivity index is 1.58. The van der Waals surface area contributed by atoms with Gasteiger partial charge in [0, 0.05) is 44.6 Å². The van der Waals surface area contributed by atoms with E-state index < -0.39 is 0 Å². The van der Waals surface area contributed by atoms with Crippen LogP contribution in [0.3, 0.4) is 0 Å². The molecule has 1 amide bonds. The summed E-state index contributed by atoms with van der Waals surface area (Å²) >= 11 is 0. The van der Waals surface area contributed by atoms with Gasteiger partial charge in [0.05, 0.1) is 11.0 Å². The number of carbonyl (C=O) groups is 1. The Morgan fingerprint density at radius 2 is 2.20 bits per heavy atom. The standard InChI is InChI=1S/C19H27FN4O/c1-4-15-12-23(9-10-24(15)13(2)3)19(25)8-7-18-21-16-6-5-14(20)11-17(16)22-18/h5-6,11,13,15H,4,7-10,12H2,1-3H3,(H,21,22)/t15-/m1/s1. The first-order valence-electron chi connectivity index (χ1n) is 9.15. The minimum atomic E-state index is -0.285. The van der Waals surface area contributed by atoms with Gasteiger partial charge in [-0.05, 0) is 38.5 Å². The third-order valence-corrected chi connectivity index (χ3v) is 5.08. The van der Waals surface area contributed by atoms with E-state index in [1.54, 1.807) is 6.07 Å². The third-order valence-electron chi connectivity index (χ3n) is 5.08. The van der Waals surface area contributed by atoms with Crippen LogP contribution in [0.15, 0.2) is 18.2 Å². The lowest BCUT2D eigenvalue weighted by molar-refractivity contribution is -0.134. The number of imidazole rings is 1. The van der Waals surface area contributed by atoms with E-state index in [2.05, 4.69) is 35.6 Å². The lowest BCUT2D eigenvalue weighted by Crippen LogP contribution is -2.56. The molecule has 1 atom stereocenters. The molecule has 0 aliphatic carbocycles. The Hall–Kier alpha value is -1.95. The molecule has 1 aliphatic heterocycles. The fourth-order valence-electron chi connectivity index (χ4n) is 3.68. The number of hydrogen-bond donors (Lipinski definition) is 1. The van der Waals surface area contributed by atoms with Crippen LogP contribution in [0.1, 0.15) is 39.4 Å². The quantitative estimate of drug-likeness (QED) is 0.906. The molecular formula is C19H27FN4O. The second-order valence-corrected chi connectivity index (χ2v) is 7.08. The normalized spacial score (nSPS) is 19.1. The summed E-state index contributed by atoms with van der Waals surface area (Å²) in [4.78, 5) is 24.6. The maximum absolute atomic E-state index is 13.2. The third kappa shape index (κ3) is 4.00. The van der Waals surface area contributed by atoms with Crippen LogP contribution in [-0.2, 0) is 11.2 Å².